The number of hydrogen-bond donors (Lipinski definition) is 2. The second-order valence-corrected chi connectivity index (χ2v) is 8.16. The monoisotopic (exact) mass is 390 g/mol. The minimum atomic E-state index is -3.83. The minimum absolute atomic E-state index is 0.0660. The van der Waals surface area contributed by atoms with Gasteiger partial charge in [-0.2, -0.15) is 0 Å². The number of anilines is 2. The number of aromatic carboxylic acids is 1. The first-order valence-corrected chi connectivity index (χ1v) is 10.3. The van der Waals surface area contributed by atoms with Gasteiger partial charge in [0, 0.05) is 18.8 Å². The van der Waals surface area contributed by atoms with Gasteiger partial charge in [0.1, 0.15) is 0 Å². The fraction of sp³-hybridized carbons (Fsp3) is 0.350. The minimum Gasteiger partial charge on any atom is -0.478 e. The van der Waals surface area contributed by atoms with Crippen LogP contribution < -0.4 is 9.62 Å². The van der Waals surface area contributed by atoms with Crippen molar-refractivity contribution in [3.8, 4) is 0 Å². The Hall–Kier alpha value is -2.54. The van der Waals surface area contributed by atoms with Crippen molar-refractivity contribution < 1.29 is 18.3 Å². The first-order chi connectivity index (χ1) is 12.6. The topological polar surface area (TPSA) is 86.7 Å². The molecule has 146 valence electrons. The third-order valence-electron chi connectivity index (χ3n) is 4.46. The molecule has 7 heteroatoms. The highest BCUT2D eigenvalue weighted by atomic mass is 32.2. The molecule has 0 saturated heterocycles. The van der Waals surface area contributed by atoms with Gasteiger partial charge in [0.25, 0.3) is 10.0 Å². The molecule has 0 bridgehead atoms. The molecule has 0 spiro atoms. The number of carboxylic acids is 1. The summed E-state index contributed by atoms with van der Waals surface area (Å²) in [6, 6.07) is 8.23. The molecule has 2 N–H and O–H groups in total. The van der Waals surface area contributed by atoms with Crippen LogP contribution in [-0.2, 0) is 10.0 Å². The van der Waals surface area contributed by atoms with Crippen LogP contribution in [0.2, 0.25) is 0 Å². The third kappa shape index (κ3) is 4.42. The van der Waals surface area contributed by atoms with Crippen LogP contribution in [0.4, 0.5) is 11.4 Å². The van der Waals surface area contributed by atoms with Gasteiger partial charge in [-0.15, -0.1) is 0 Å². The summed E-state index contributed by atoms with van der Waals surface area (Å²) < 4.78 is 28.3. The lowest BCUT2D eigenvalue weighted by molar-refractivity contribution is 0.0697. The zero-order valence-electron chi connectivity index (χ0n) is 16.3. The summed E-state index contributed by atoms with van der Waals surface area (Å²) in [7, 11) is -3.83. The van der Waals surface area contributed by atoms with Crippen molar-refractivity contribution in [3.63, 3.8) is 0 Å². The summed E-state index contributed by atoms with van der Waals surface area (Å²) in [5, 5.41) is 9.56. The molecule has 0 atom stereocenters. The molecular formula is C20H26N2O4S. The summed E-state index contributed by atoms with van der Waals surface area (Å²) in [6.45, 7) is 10.6. The maximum absolute atomic E-state index is 12.9. The van der Waals surface area contributed by atoms with Crippen molar-refractivity contribution in [2.24, 2.45) is 0 Å². The van der Waals surface area contributed by atoms with Gasteiger partial charge in [-0.25, -0.2) is 13.2 Å². The quantitative estimate of drug-likeness (QED) is 0.747. The molecule has 6 nitrogen and oxygen atoms in total. The Morgan fingerprint density at radius 1 is 1.04 bits per heavy atom. The normalized spacial score (nSPS) is 11.3. The number of hydrogen-bond acceptors (Lipinski definition) is 4. The first-order valence-electron chi connectivity index (χ1n) is 8.83. The number of carbonyl (C=O) groups is 1. The number of aryl methyl sites for hydroxylation is 3. The number of rotatable bonds is 7. The van der Waals surface area contributed by atoms with E-state index in [9.17, 15) is 18.3 Å². The Morgan fingerprint density at radius 2 is 1.59 bits per heavy atom. The Kier molecular flexibility index (Phi) is 6.15. The van der Waals surface area contributed by atoms with Gasteiger partial charge in [0.2, 0.25) is 0 Å². The molecule has 2 rings (SSSR count). The molecule has 0 unspecified atom stereocenters. The van der Waals surface area contributed by atoms with E-state index in [1.165, 1.54) is 6.07 Å². The van der Waals surface area contributed by atoms with E-state index in [0.29, 0.717) is 29.9 Å². The smallest absolute Gasteiger partial charge is 0.337 e. The number of sulfonamides is 1. The first kappa shape index (κ1) is 20.8. The van der Waals surface area contributed by atoms with E-state index in [2.05, 4.69) is 4.72 Å². The molecule has 0 aliphatic rings. The van der Waals surface area contributed by atoms with Crippen LogP contribution >= 0.6 is 0 Å². The Bertz CT molecular complexity index is 941. The standard InChI is InChI=1S/C20H26N2O4S/c1-6-22(7-2)18-9-8-16(12-17(18)20(23)24)21-27(25,26)19-14(4)10-13(3)11-15(19)5/h8-12,21H,6-7H2,1-5H3,(H,23,24). The van der Waals surface area contributed by atoms with Gasteiger partial charge in [0.15, 0.2) is 0 Å². The number of benzene rings is 2. The highest BCUT2D eigenvalue weighted by Crippen LogP contribution is 2.28. The van der Waals surface area contributed by atoms with E-state index in [0.717, 1.165) is 5.56 Å². The molecule has 2 aromatic carbocycles. The highest BCUT2D eigenvalue weighted by molar-refractivity contribution is 7.92. The van der Waals surface area contributed by atoms with Crippen LogP contribution in [0.3, 0.4) is 0 Å². The molecule has 27 heavy (non-hydrogen) atoms. The number of nitrogens with zero attached hydrogens (tertiary/aromatic N) is 1. The zero-order chi connectivity index (χ0) is 20.4. The lowest BCUT2D eigenvalue weighted by atomic mass is 10.1. The predicted octanol–water partition coefficient (Wildman–Crippen LogP) is 3.96. The maximum Gasteiger partial charge on any atom is 0.337 e. The molecule has 0 saturated carbocycles. The van der Waals surface area contributed by atoms with E-state index >= 15 is 0 Å². The van der Waals surface area contributed by atoms with Crippen molar-refractivity contribution in [3.05, 3.63) is 52.6 Å². The predicted molar refractivity (Wildman–Crippen MR) is 108 cm³/mol. The van der Waals surface area contributed by atoms with Gasteiger partial charge in [-0.1, -0.05) is 17.7 Å². The zero-order valence-corrected chi connectivity index (χ0v) is 17.1. The summed E-state index contributed by atoms with van der Waals surface area (Å²) in [5.41, 5.74) is 3.15. The molecule has 0 heterocycles. The van der Waals surface area contributed by atoms with E-state index in [4.69, 9.17) is 0 Å². The fourth-order valence-electron chi connectivity index (χ4n) is 3.41. The number of nitrogens with one attached hydrogen (secondary N) is 1. The Morgan fingerprint density at radius 3 is 2.07 bits per heavy atom. The molecule has 0 aliphatic carbocycles. The highest BCUT2D eigenvalue weighted by Gasteiger charge is 2.22. The number of carboxylic acid groups (broad SMARTS) is 1. The van der Waals surface area contributed by atoms with E-state index in [1.54, 1.807) is 26.0 Å². The fourth-order valence-corrected chi connectivity index (χ4v) is 4.91. The van der Waals surface area contributed by atoms with Crippen molar-refractivity contribution in [1.29, 1.82) is 0 Å². The Labute approximate surface area is 160 Å². The van der Waals surface area contributed by atoms with Crippen LogP contribution in [-0.4, -0.2) is 32.6 Å². The molecule has 0 radical (unpaired) electrons. The third-order valence-corrected chi connectivity index (χ3v) is 6.14. The average Bonchev–Trinajstić information content (AvgIpc) is 2.55. The molecule has 0 aliphatic heterocycles. The van der Waals surface area contributed by atoms with E-state index in [1.807, 2.05) is 37.8 Å². The van der Waals surface area contributed by atoms with Crippen LogP contribution in [0, 0.1) is 20.8 Å². The molecular weight excluding hydrogens is 364 g/mol. The lowest BCUT2D eigenvalue weighted by Crippen LogP contribution is -2.24. The van der Waals surface area contributed by atoms with Crippen LogP contribution in [0.15, 0.2) is 35.2 Å². The van der Waals surface area contributed by atoms with E-state index in [-0.39, 0.29) is 16.1 Å². The van der Waals surface area contributed by atoms with Crippen molar-refractivity contribution in [1.82, 2.24) is 0 Å². The summed E-state index contributed by atoms with van der Waals surface area (Å²) >= 11 is 0. The summed E-state index contributed by atoms with van der Waals surface area (Å²) in [4.78, 5) is 13.8. The van der Waals surface area contributed by atoms with Gasteiger partial charge in [-0.3, -0.25) is 4.72 Å². The molecule has 0 fully saturated rings. The summed E-state index contributed by atoms with van der Waals surface area (Å²) in [6.07, 6.45) is 0. The Balaban J connectivity index is 2.48. The summed E-state index contributed by atoms with van der Waals surface area (Å²) in [5.74, 6) is -1.10. The second kappa shape index (κ2) is 8.00. The second-order valence-electron chi connectivity index (χ2n) is 6.54. The van der Waals surface area contributed by atoms with Crippen molar-refractivity contribution in [2.45, 2.75) is 39.5 Å². The van der Waals surface area contributed by atoms with Crippen molar-refractivity contribution >= 4 is 27.4 Å². The van der Waals surface area contributed by atoms with Crippen LogP contribution in [0.5, 0.6) is 0 Å². The average molecular weight is 391 g/mol. The van der Waals surface area contributed by atoms with Gasteiger partial charge >= 0.3 is 5.97 Å². The maximum atomic E-state index is 12.9. The lowest BCUT2D eigenvalue weighted by Gasteiger charge is -2.23. The van der Waals surface area contributed by atoms with Gasteiger partial charge in [0.05, 0.1) is 16.1 Å². The molecule has 0 aromatic heterocycles. The molecule has 2 aromatic rings. The van der Waals surface area contributed by atoms with E-state index < -0.39 is 16.0 Å². The van der Waals surface area contributed by atoms with Gasteiger partial charge < -0.3 is 10.0 Å². The molecule has 0 amide bonds. The van der Waals surface area contributed by atoms with Gasteiger partial charge in [-0.05, 0) is 63.9 Å². The largest absolute Gasteiger partial charge is 0.478 e. The van der Waals surface area contributed by atoms with Crippen LogP contribution in [0.1, 0.15) is 40.9 Å². The van der Waals surface area contributed by atoms with Crippen LogP contribution in [0.25, 0.3) is 0 Å². The van der Waals surface area contributed by atoms with Crippen molar-refractivity contribution in [2.75, 3.05) is 22.7 Å². The SMILES string of the molecule is CCN(CC)c1ccc(NS(=O)(=O)c2c(C)cc(C)cc2C)cc1C(=O)O.